The van der Waals surface area contributed by atoms with Crippen molar-refractivity contribution < 1.29 is 4.79 Å². The molecule has 106 valence electrons. The molecule has 21 heavy (non-hydrogen) atoms. The van der Waals surface area contributed by atoms with Crippen molar-refractivity contribution in [2.75, 3.05) is 0 Å². The molecular weight excluding hydrogens is 300 g/mol. The Morgan fingerprint density at radius 2 is 2.05 bits per heavy atom. The average Bonchev–Trinajstić information content (AvgIpc) is 2.97. The summed E-state index contributed by atoms with van der Waals surface area (Å²) in [6.07, 6.45) is 1.91. The minimum atomic E-state index is -0.0857. The molecule has 2 heterocycles. The first kappa shape index (κ1) is 14.1. The molecule has 1 aliphatic heterocycles. The molecule has 1 saturated heterocycles. The number of rotatable bonds is 2. The molecule has 5 heteroatoms. The molecule has 1 aliphatic rings. The van der Waals surface area contributed by atoms with E-state index in [1.807, 2.05) is 43.3 Å². The third-order valence-corrected chi connectivity index (χ3v) is 4.78. The molecule has 3 rings (SSSR count). The van der Waals surface area contributed by atoms with E-state index in [0.29, 0.717) is 10.1 Å². The molecule has 1 aromatic carbocycles. The van der Waals surface area contributed by atoms with Crippen LogP contribution in [0.3, 0.4) is 0 Å². The Morgan fingerprint density at radius 1 is 1.19 bits per heavy atom. The van der Waals surface area contributed by atoms with Crippen LogP contribution in [-0.4, -0.2) is 11.1 Å². The van der Waals surface area contributed by atoms with Crippen LogP contribution in [0.1, 0.15) is 15.3 Å². The highest BCUT2D eigenvalue weighted by Crippen LogP contribution is 2.29. The highest BCUT2D eigenvalue weighted by Gasteiger charge is 2.23. The number of benzene rings is 1. The zero-order chi connectivity index (χ0) is 14.8. The summed E-state index contributed by atoms with van der Waals surface area (Å²) < 4.78 is 0. The fraction of sp³-hybridized carbons (Fsp3) is 0.125. The first-order valence-electron chi connectivity index (χ1n) is 6.53. The standard InChI is InChI=1S/C16H14N2OS2/c1-10-4-3-5-12(8-10)17-16-18-15(19)14(21-16)9-13-7-6-11(2)20-13/h3-9H,1-2H3,(H,17,18,19)/b14-9-. The molecule has 0 bridgehead atoms. The summed E-state index contributed by atoms with van der Waals surface area (Å²) in [7, 11) is 0. The lowest BCUT2D eigenvalue weighted by atomic mass is 10.2. The molecule has 0 unspecified atom stereocenters. The van der Waals surface area contributed by atoms with Crippen molar-refractivity contribution >= 4 is 45.9 Å². The van der Waals surface area contributed by atoms with Gasteiger partial charge in [0.2, 0.25) is 0 Å². The van der Waals surface area contributed by atoms with E-state index in [2.05, 4.69) is 23.3 Å². The second kappa shape index (κ2) is 5.87. The van der Waals surface area contributed by atoms with Gasteiger partial charge in [0.15, 0.2) is 5.17 Å². The smallest absolute Gasteiger partial charge is 0.264 e. The van der Waals surface area contributed by atoms with E-state index < -0.39 is 0 Å². The number of aryl methyl sites for hydroxylation is 2. The Bertz CT molecular complexity index is 759. The molecule has 0 saturated carbocycles. The van der Waals surface area contributed by atoms with Gasteiger partial charge >= 0.3 is 0 Å². The maximum absolute atomic E-state index is 12.0. The summed E-state index contributed by atoms with van der Waals surface area (Å²) in [6.45, 7) is 4.08. The van der Waals surface area contributed by atoms with E-state index in [1.165, 1.54) is 16.6 Å². The van der Waals surface area contributed by atoms with Crippen molar-refractivity contribution in [3.8, 4) is 0 Å². The Balaban J connectivity index is 1.83. The lowest BCUT2D eigenvalue weighted by Crippen LogP contribution is -2.19. The normalized spacial score (nSPS) is 18.5. The van der Waals surface area contributed by atoms with E-state index in [0.717, 1.165) is 16.1 Å². The molecule has 2 aromatic rings. The zero-order valence-corrected chi connectivity index (χ0v) is 13.3. The molecule has 1 aromatic heterocycles. The lowest BCUT2D eigenvalue weighted by Gasteiger charge is -1.97. The van der Waals surface area contributed by atoms with Crippen LogP contribution in [0.25, 0.3) is 6.08 Å². The summed E-state index contributed by atoms with van der Waals surface area (Å²) in [5.41, 5.74) is 2.00. The van der Waals surface area contributed by atoms with Crippen molar-refractivity contribution in [3.05, 3.63) is 56.6 Å². The van der Waals surface area contributed by atoms with Crippen molar-refractivity contribution in [3.63, 3.8) is 0 Å². The Kier molecular flexibility index (Phi) is 3.94. The van der Waals surface area contributed by atoms with Gasteiger partial charge in [0.25, 0.3) is 5.91 Å². The van der Waals surface area contributed by atoms with Crippen molar-refractivity contribution in [2.24, 2.45) is 4.99 Å². The molecule has 1 N–H and O–H groups in total. The van der Waals surface area contributed by atoms with Crippen molar-refractivity contribution in [2.45, 2.75) is 13.8 Å². The highest BCUT2D eigenvalue weighted by atomic mass is 32.2. The van der Waals surface area contributed by atoms with Crippen LogP contribution >= 0.6 is 23.1 Å². The minimum Gasteiger partial charge on any atom is -0.300 e. The summed E-state index contributed by atoms with van der Waals surface area (Å²) in [5.74, 6) is -0.0857. The van der Waals surface area contributed by atoms with E-state index >= 15 is 0 Å². The van der Waals surface area contributed by atoms with Gasteiger partial charge in [-0.3, -0.25) is 4.79 Å². The van der Waals surface area contributed by atoms with Gasteiger partial charge in [-0.15, -0.1) is 11.3 Å². The first-order valence-corrected chi connectivity index (χ1v) is 8.16. The Labute approximate surface area is 131 Å². The topological polar surface area (TPSA) is 41.5 Å². The molecular formula is C16H14N2OS2. The Hall–Kier alpha value is -1.85. The predicted octanol–water partition coefficient (Wildman–Crippen LogP) is 4.26. The summed E-state index contributed by atoms with van der Waals surface area (Å²) in [5, 5.41) is 3.44. The van der Waals surface area contributed by atoms with E-state index in [-0.39, 0.29) is 5.91 Å². The Morgan fingerprint density at radius 3 is 2.76 bits per heavy atom. The van der Waals surface area contributed by atoms with Gasteiger partial charge in [-0.2, -0.15) is 0 Å². The van der Waals surface area contributed by atoms with Crippen LogP contribution in [0.15, 0.2) is 46.3 Å². The number of thiophene rings is 1. The minimum absolute atomic E-state index is 0.0857. The number of nitrogens with one attached hydrogen (secondary N) is 1. The number of carbonyl (C=O) groups is 1. The van der Waals surface area contributed by atoms with E-state index in [9.17, 15) is 4.79 Å². The highest BCUT2D eigenvalue weighted by molar-refractivity contribution is 8.18. The van der Waals surface area contributed by atoms with Crippen molar-refractivity contribution in [1.29, 1.82) is 0 Å². The number of hydrogen-bond donors (Lipinski definition) is 1. The number of amidine groups is 1. The van der Waals surface area contributed by atoms with Crippen LogP contribution in [0.5, 0.6) is 0 Å². The molecule has 0 radical (unpaired) electrons. The summed E-state index contributed by atoms with van der Waals surface area (Å²) in [4.78, 5) is 19.5. The van der Waals surface area contributed by atoms with Gasteiger partial charge in [-0.25, -0.2) is 4.99 Å². The molecule has 0 aliphatic carbocycles. The van der Waals surface area contributed by atoms with Crippen LogP contribution in [-0.2, 0) is 4.79 Å². The van der Waals surface area contributed by atoms with Gasteiger partial charge in [0.1, 0.15) is 0 Å². The van der Waals surface area contributed by atoms with Crippen LogP contribution in [0, 0.1) is 13.8 Å². The number of aliphatic imine (C=N–C) groups is 1. The van der Waals surface area contributed by atoms with Crippen LogP contribution in [0.4, 0.5) is 5.69 Å². The maximum atomic E-state index is 12.0. The van der Waals surface area contributed by atoms with Gasteiger partial charge in [-0.1, -0.05) is 12.1 Å². The second-order valence-electron chi connectivity index (χ2n) is 4.77. The van der Waals surface area contributed by atoms with E-state index in [1.54, 1.807) is 11.3 Å². The number of carbonyl (C=O) groups excluding carboxylic acids is 1. The number of amides is 1. The molecule has 1 amide bonds. The third kappa shape index (κ3) is 3.43. The average molecular weight is 314 g/mol. The molecule has 0 spiro atoms. The predicted molar refractivity (Wildman–Crippen MR) is 91.0 cm³/mol. The molecule has 3 nitrogen and oxygen atoms in total. The van der Waals surface area contributed by atoms with Crippen molar-refractivity contribution in [1.82, 2.24) is 5.32 Å². The third-order valence-electron chi connectivity index (χ3n) is 2.92. The lowest BCUT2D eigenvalue weighted by molar-refractivity contribution is -0.115. The van der Waals surface area contributed by atoms with Gasteiger partial charge in [0, 0.05) is 9.75 Å². The molecule has 0 atom stereocenters. The fourth-order valence-electron chi connectivity index (χ4n) is 1.96. The van der Waals surface area contributed by atoms with Gasteiger partial charge < -0.3 is 5.32 Å². The quantitative estimate of drug-likeness (QED) is 0.842. The monoisotopic (exact) mass is 314 g/mol. The summed E-state index contributed by atoms with van der Waals surface area (Å²) >= 11 is 3.05. The number of hydrogen-bond acceptors (Lipinski definition) is 4. The fourth-order valence-corrected chi connectivity index (χ4v) is 3.68. The SMILES string of the molecule is Cc1cccc(N=C2NC(=O)/C(=C/c3ccc(C)s3)S2)c1. The molecule has 1 fully saturated rings. The van der Waals surface area contributed by atoms with Crippen LogP contribution < -0.4 is 5.32 Å². The second-order valence-corrected chi connectivity index (χ2v) is 7.12. The first-order chi connectivity index (χ1) is 10.1. The van der Waals surface area contributed by atoms with Gasteiger partial charge in [0.05, 0.1) is 10.6 Å². The van der Waals surface area contributed by atoms with E-state index in [4.69, 9.17) is 0 Å². The summed E-state index contributed by atoms with van der Waals surface area (Å²) in [6, 6.07) is 12.0. The largest absolute Gasteiger partial charge is 0.300 e. The van der Waals surface area contributed by atoms with Gasteiger partial charge in [-0.05, 0) is 61.5 Å². The zero-order valence-electron chi connectivity index (χ0n) is 11.7. The number of nitrogens with zero attached hydrogens (tertiary/aromatic N) is 1. The number of thioether (sulfide) groups is 1. The maximum Gasteiger partial charge on any atom is 0.264 e. The van der Waals surface area contributed by atoms with Crippen LogP contribution in [0.2, 0.25) is 0 Å².